The number of anilines is 1. The van der Waals surface area contributed by atoms with E-state index in [0.717, 1.165) is 12.8 Å². The number of hydrogen-bond acceptors (Lipinski definition) is 4. The standard InChI is InChI=1S/C16H20N2O2S/c1-2-5-14(15-8-4-9-21-15)18-16(19)11-20-13-7-3-6-12(17)10-13/h3-4,6-10,14H,2,5,11,17H2,1H3,(H,18,19). The lowest BCUT2D eigenvalue weighted by Gasteiger charge is -2.17. The summed E-state index contributed by atoms with van der Waals surface area (Å²) in [7, 11) is 0. The average molecular weight is 304 g/mol. The van der Waals surface area contributed by atoms with Gasteiger partial charge in [-0.1, -0.05) is 25.5 Å². The van der Waals surface area contributed by atoms with E-state index in [1.54, 1.807) is 35.6 Å². The van der Waals surface area contributed by atoms with Crippen molar-refractivity contribution in [3.63, 3.8) is 0 Å². The van der Waals surface area contributed by atoms with Crippen LogP contribution in [-0.4, -0.2) is 12.5 Å². The molecule has 0 bridgehead atoms. The largest absolute Gasteiger partial charge is 0.484 e. The lowest BCUT2D eigenvalue weighted by molar-refractivity contribution is -0.123. The van der Waals surface area contributed by atoms with Gasteiger partial charge in [0.1, 0.15) is 5.75 Å². The first-order valence-electron chi connectivity index (χ1n) is 7.00. The molecule has 0 spiro atoms. The van der Waals surface area contributed by atoms with E-state index < -0.39 is 0 Å². The van der Waals surface area contributed by atoms with E-state index in [-0.39, 0.29) is 18.6 Å². The van der Waals surface area contributed by atoms with E-state index in [4.69, 9.17) is 10.5 Å². The van der Waals surface area contributed by atoms with Gasteiger partial charge in [-0.2, -0.15) is 0 Å². The average Bonchev–Trinajstić information content (AvgIpc) is 2.99. The van der Waals surface area contributed by atoms with Gasteiger partial charge < -0.3 is 15.8 Å². The summed E-state index contributed by atoms with van der Waals surface area (Å²) in [5.74, 6) is 0.484. The normalized spacial score (nSPS) is 11.9. The maximum Gasteiger partial charge on any atom is 0.258 e. The van der Waals surface area contributed by atoms with E-state index in [1.165, 1.54) is 4.88 Å². The number of nitrogen functional groups attached to an aromatic ring is 1. The molecule has 4 nitrogen and oxygen atoms in total. The van der Waals surface area contributed by atoms with Crippen molar-refractivity contribution in [1.29, 1.82) is 0 Å². The van der Waals surface area contributed by atoms with Crippen molar-refractivity contribution in [3.8, 4) is 5.75 Å². The molecule has 5 heteroatoms. The van der Waals surface area contributed by atoms with Crippen LogP contribution in [0.2, 0.25) is 0 Å². The van der Waals surface area contributed by atoms with E-state index >= 15 is 0 Å². The summed E-state index contributed by atoms with van der Waals surface area (Å²) in [4.78, 5) is 13.2. The predicted octanol–water partition coefficient (Wildman–Crippen LogP) is 3.37. The van der Waals surface area contributed by atoms with Crippen molar-refractivity contribution in [3.05, 3.63) is 46.7 Å². The summed E-state index contributed by atoms with van der Waals surface area (Å²) in [6, 6.07) is 11.2. The first-order valence-corrected chi connectivity index (χ1v) is 7.88. The fraction of sp³-hybridized carbons (Fsp3) is 0.312. The van der Waals surface area contributed by atoms with Crippen LogP contribution in [-0.2, 0) is 4.79 Å². The zero-order chi connectivity index (χ0) is 15.1. The molecule has 0 aliphatic carbocycles. The number of rotatable bonds is 7. The Morgan fingerprint density at radius 1 is 1.38 bits per heavy atom. The number of amides is 1. The highest BCUT2D eigenvalue weighted by Gasteiger charge is 2.15. The zero-order valence-electron chi connectivity index (χ0n) is 12.0. The van der Waals surface area contributed by atoms with Gasteiger partial charge in [-0.05, 0) is 30.0 Å². The molecule has 0 radical (unpaired) electrons. The number of ether oxygens (including phenoxy) is 1. The molecule has 0 saturated heterocycles. The molecular formula is C16H20N2O2S. The van der Waals surface area contributed by atoms with E-state index in [1.807, 2.05) is 17.5 Å². The Kier molecular flexibility index (Phi) is 5.63. The number of benzene rings is 1. The SMILES string of the molecule is CCCC(NC(=O)COc1cccc(N)c1)c1cccs1. The highest BCUT2D eigenvalue weighted by molar-refractivity contribution is 7.10. The van der Waals surface area contributed by atoms with Crippen LogP contribution >= 0.6 is 11.3 Å². The quantitative estimate of drug-likeness (QED) is 0.771. The smallest absolute Gasteiger partial charge is 0.258 e. The van der Waals surface area contributed by atoms with Crippen LogP contribution in [0.3, 0.4) is 0 Å². The second-order valence-electron chi connectivity index (χ2n) is 4.79. The predicted molar refractivity (Wildman–Crippen MR) is 86.5 cm³/mol. The van der Waals surface area contributed by atoms with Gasteiger partial charge in [0.05, 0.1) is 6.04 Å². The van der Waals surface area contributed by atoms with Crippen molar-refractivity contribution in [2.75, 3.05) is 12.3 Å². The summed E-state index contributed by atoms with van der Waals surface area (Å²) in [5.41, 5.74) is 6.29. The van der Waals surface area contributed by atoms with Crippen molar-refractivity contribution in [2.45, 2.75) is 25.8 Å². The van der Waals surface area contributed by atoms with Crippen LogP contribution in [0.1, 0.15) is 30.7 Å². The van der Waals surface area contributed by atoms with E-state index in [9.17, 15) is 4.79 Å². The third-order valence-corrected chi connectivity index (χ3v) is 4.01. The molecule has 0 aliphatic rings. The zero-order valence-corrected chi connectivity index (χ0v) is 12.9. The summed E-state index contributed by atoms with van der Waals surface area (Å²) in [6.45, 7) is 2.10. The van der Waals surface area contributed by atoms with Crippen LogP contribution in [0.4, 0.5) is 5.69 Å². The molecule has 3 N–H and O–H groups in total. The van der Waals surface area contributed by atoms with Crippen LogP contribution < -0.4 is 15.8 Å². The summed E-state index contributed by atoms with van der Waals surface area (Å²) in [5, 5.41) is 5.04. The topological polar surface area (TPSA) is 64.3 Å². The molecule has 1 amide bonds. The van der Waals surface area contributed by atoms with Crippen molar-refractivity contribution >= 4 is 22.9 Å². The van der Waals surface area contributed by atoms with Crippen LogP contribution in [0.15, 0.2) is 41.8 Å². The fourth-order valence-electron chi connectivity index (χ4n) is 2.05. The molecule has 0 aliphatic heterocycles. The molecule has 0 fully saturated rings. The number of thiophene rings is 1. The van der Waals surface area contributed by atoms with E-state index in [0.29, 0.717) is 11.4 Å². The minimum atomic E-state index is -0.121. The number of carbonyl (C=O) groups excluding carboxylic acids is 1. The van der Waals surface area contributed by atoms with E-state index in [2.05, 4.69) is 12.2 Å². The first-order chi connectivity index (χ1) is 10.2. The van der Waals surface area contributed by atoms with Gasteiger partial charge in [-0.3, -0.25) is 4.79 Å². The van der Waals surface area contributed by atoms with Gasteiger partial charge in [-0.25, -0.2) is 0 Å². The van der Waals surface area contributed by atoms with Gasteiger partial charge in [0.15, 0.2) is 6.61 Å². The van der Waals surface area contributed by atoms with Gasteiger partial charge in [-0.15, -0.1) is 11.3 Å². The Morgan fingerprint density at radius 3 is 2.90 bits per heavy atom. The molecule has 2 aromatic rings. The molecular weight excluding hydrogens is 284 g/mol. The minimum Gasteiger partial charge on any atom is -0.484 e. The Labute approximate surface area is 128 Å². The van der Waals surface area contributed by atoms with Gasteiger partial charge in [0.2, 0.25) is 0 Å². The monoisotopic (exact) mass is 304 g/mol. The highest BCUT2D eigenvalue weighted by atomic mass is 32.1. The third kappa shape index (κ3) is 4.79. The lowest BCUT2D eigenvalue weighted by Crippen LogP contribution is -2.32. The number of hydrogen-bond donors (Lipinski definition) is 2. The lowest BCUT2D eigenvalue weighted by atomic mass is 10.1. The molecule has 1 atom stereocenters. The van der Waals surface area contributed by atoms with Gasteiger partial charge in [0.25, 0.3) is 5.91 Å². The van der Waals surface area contributed by atoms with Crippen molar-refractivity contribution in [1.82, 2.24) is 5.32 Å². The van der Waals surface area contributed by atoms with Gasteiger partial charge in [0, 0.05) is 16.6 Å². The molecule has 21 heavy (non-hydrogen) atoms. The minimum absolute atomic E-state index is 0.00492. The van der Waals surface area contributed by atoms with Gasteiger partial charge >= 0.3 is 0 Å². The Hall–Kier alpha value is -2.01. The Morgan fingerprint density at radius 2 is 2.24 bits per heavy atom. The first kappa shape index (κ1) is 15.4. The molecule has 1 heterocycles. The number of carbonyl (C=O) groups is 1. The molecule has 1 unspecified atom stereocenters. The molecule has 1 aromatic carbocycles. The maximum atomic E-state index is 12.0. The third-order valence-electron chi connectivity index (χ3n) is 3.03. The Bertz CT molecular complexity index is 569. The summed E-state index contributed by atoms with van der Waals surface area (Å²) < 4.78 is 5.46. The summed E-state index contributed by atoms with van der Waals surface area (Å²) >= 11 is 1.66. The van der Waals surface area contributed by atoms with Crippen LogP contribution in [0, 0.1) is 0 Å². The highest BCUT2D eigenvalue weighted by Crippen LogP contribution is 2.23. The number of nitrogens with two attached hydrogens (primary N) is 1. The Balaban J connectivity index is 1.88. The maximum absolute atomic E-state index is 12.0. The molecule has 1 aromatic heterocycles. The molecule has 2 rings (SSSR count). The second kappa shape index (κ2) is 7.69. The molecule has 112 valence electrons. The molecule has 0 saturated carbocycles. The van der Waals surface area contributed by atoms with Crippen LogP contribution in [0.5, 0.6) is 5.75 Å². The van der Waals surface area contributed by atoms with Crippen LogP contribution in [0.25, 0.3) is 0 Å². The summed E-state index contributed by atoms with van der Waals surface area (Å²) in [6.07, 6.45) is 1.93. The fourth-order valence-corrected chi connectivity index (χ4v) is 2.87. The van der Waals surface area contributed by atoms with Crippen molar-refractivity contribution < 1.29 is 9.53 Å². The second-order valence-corrected chi connectivity index (χ2v) is 5.76. The van der Waals surface area contributed by atoms with Crippen molar-refractivity contribution in [2.24, 2.45) is 0 Å². The number of nitrogens with one attached hydrogen (secondary N) is 1.